The molecule has 0 N–H and O–H groups in total. The second-order valence-electron chi connectivity index (χ2n) is 5.05. The first-order chi connectivity index (χ1) is 9.89. The lowest BCUT2D eigenvalue weighted by atomic mass is 10.1. The molecule has 0 heterocycles. The van der Waals surface area contributed by atoms with Crippen LogP contribution in [0.3, 0.4) is 0 Å². The summed E-state index contributed by atoms with van der Waals surface area (Å²) in [6, 6.07) is 3.79. The lowest BCUT2D eigenvalue weighted by Gasteiger charge is -2.14. The summed E-state index contributed by atoms with van der Waals surface area (Å²) in [6.45, 7) is 0.208. The molecule has 1 aromatic carbocycles. The quantitative estimate of drug-likeness (QED) is 0.714. The molecule has 118 valence electrons. The van der Waals surface area contributed by atoms with Crippen LogP contribution in [-0.2, 0) is 14.3 Å². The fourth-order valence-corrected chi connectivity index (χ4v) is 2.79. The minimum Gasteiger partial charge on any atom is -0.493 e. The Kier molecular flexibility index (Phi) is 4.63. The third kappa shape index (κ3) is 3.79. The molecule has 0 aromatic heterocycles. The first-order valence-electron chi connectivity index (χ1n) is 6.54. The summed E-state index contributed by atoms with van der Waals surface area (Å²) >= 11 is 0. The molecule has 2 rings (SSSR count). The first kappa shape index (κ1) is 15.9. The zero-order valence-electron chi connectivity index (χ0n) is 12.6. The van der Waals surface area contributed by atoms with Crippen LogP contribution in [0.15, 0.2) is 12.1 Å². The normalized spacial score (nSPS) is 21.0. The highest BCUT2D eigenvalue weighted by Crippen LogP contribution is 2.51. The van der Waals surface area contributed by atoms with Crippen LogP contribution in [0.1, 0.15) is 17.9 Å². The van der Waals surface area contributed by atoms with E-state index in [0.717, 1.165) is 18.2 Å². The molecule has 0 radical (unpaired) electrons. The minimum atomic E-state index is -3.39. The highest BCUT2D eigenvalue weighted by Gasteiger charge is 2.40. The van der Waals surface area contributed by atoms with Crippen LogP contribution in [0, 0.1) is 5.92 Å². The van der Waals surface area contributed by atoms with Gasteiger partial charge in [-0.1, -0.05) is 0 Å². The molecule has 1 aliphatic rings. The maximum Gasteiger partial charge on any atom is 0.264 e. The van der Waals surface area contributed by atoms with Gasteiger partial charge in [0.25, 0.3) is 10.1 Å². The van der Waals surface area contributed by atoms with E-state index in [4.69, 9.17) is 18.4 Å². The highest BCUT2D eigenvalue weighted by molar-refractivity contribution is 7.85. The van der Waals surface area contributed by atoms with Crippen molar-refractivity contribution in [3.63, 3.8) is 0 Å². The number of hydrogen-bond donors (Lipinski definition) is 0. The van der Waals surface area contributed by atoms with Crippen molar-refractivity contribution in [3.8, 4) is 17.2 Å². The van der Waals surface area contributed by atoms with Crippen molar-refractivity contribution in [1.29, 1.82) is 0 Å². The summed E-state index contributed by atoms with van der Waals surface area (Å²) in [4.78, 5) is 0. The van der Waals surface area contributed by atoms with E-state index in [-0.39, 0.29) is 18.4 Å². The number of benzene rings is 1. The van der Waals surface area contributed by atoms with Crippen LogP contribution in [-0.4, -0.2) is 42.6 Å². The highest BCUT2D eigenvalue weighted by atomic mass is 32.2. The van der Waals surface area contributed by atoms with E-state index >= 15 is 0 Å². The topological polar surface area (TPSA) is 71.1 Å². The molecule has 7 heteroatoms. The van der Waals surface area contributed by atoms with Gasteiger partial charge in [-0.25, -0.2) is 0 Å². The maximum atomic E-state index is 11.0. The van der Waals surface area contributed by atoms with Gasteiger partial charge in [0.05, 0.1) is 34.2 Å². The van der Waals surface area contributed by atoms with Crippen molar-refractivity contribution in [2.24, 2.45) is 5.92 Å². The molecule has 0 saturated heterocycles. The van der Waals surface area contributed by atoms with E-state index in [1.54, 1.807) is 21.3 Å². The minimum absolute atomic E-state index is 0.197. The van der Waals surface area contributed by atoms with Crippen LogP contribution in [0.5, 0.6) is 17.2 Å². The molecular weight excluding hydrogens is 296 g/mol. The van der Waals surface area contributed by atoms with E-state index in [2.05, 4.69) is 0 Å². The van der Waals surface area contributed by atoms with E-state index in [0.29, 0.717) is 17.2 Å². The molecule has 0 amide bonds. The monoisotopic (exact) mass is 316 g/mol. The van der Waals surface area contributed by atoms with Crippen LogP contribution in [0.2, 0.25) is 0 Å². The smallest absolute Gasteiger partial charge is 0.264 e. The molecule has 6 nitrogen and oxygen atoms in total. The van der Waals surface area contributed by atoms with Gasteiger partial charge in [-0.3, -0.25) is 4.18 Å². The van der Waals surface area contributed by atoms with Gasteiger partial charge in [0, 0.05) is 0 Å². The Labute approximate surface area is 125 Å². The second-order valence-corrected chi connectivity index (χ2v) is 6.69. The molecule has 0 bridgehead atoms. The lowest BCUT2D eigenvalue weighted by Crippen LogP contribution is -2.06. The third-order valence-corrected chi connectivity index (χ3v) is 4.10. The number of ether oxygens (including phenoxy) is 3. The zero-order valence-corrected chi connectivity index (χ0v) is 13.4. The number of rotatable bonds is 7. The van der Waals surface area contributed by atoms with Gasteiger partial charge < -0.3 is 14.2 Å². The third-order valence-electron chi connectivity index (χ3n) is 3.53. The summed E-state index contributed by atoms with van der Waals surface area (Å²) < 4.78 is 42.8. The molecule has 1 aromatic rings. The van der Waals surface area contributed by atoms with E-state index in [1.165, 1.54) is 0 Å². The predicted octanol–water partition coefficient (Wildman–Crippen LogP) is 1.79. The average Bonchev–Trinajstić information content (AvgIpc) is 3.22. The van der Waals surface area contributed by atoms with Crippen molar-refractivity contribution < 1.29 is 26.8 Å². The molecule has 0 aliphatic heterocycles. The lowest BCUT2D eigenvalue weighted by molar-refractivity contribution is 0.302. The SMILES string of the molecule is COc1cc([C@@H]2C[C@H]2COS(C)(=O)=O)cc(OC)c1OC. The summed E-state index contributed by atoms with van der Waals surface area (Å²) in [6.07, 6.45) is 1.94. The summed E-state index contributed by atoms with van der Waals surface area (Å²) in [5.74, 6) is 2.19. The van der Waals surface area contributed by atoms with Crippen LogP contribution >= 0.6 is 0 Å². The summed E-state index contributed by atoms with van der Waals surface area (Å²) in [5.41, 5.74) is 1.03. The van der Waals surface area contributed by atoms with Gasteiger partial charge in [-0.05, 0) is 36.0 Å². The van der Waals surface area contributed by atoms with Crippen LogP contribution in [0.25, 0.3) is 0 Å². The molecule has 0 spiro atoms. The Bertz CT molecular complexity index is 585. The molecule has 1 aliphatic carbocycles. The van der Waals surface area contributed by atoms with Crippen molar-refractivity contribution in [3.05, 3.63) is 17.7 Å². The Balaban J connectivity index is 2.15. The van der Waals surface area contributed by atoms with Gasteiger partial charge in [-0.2, -0.15) is 8.42 Å². The Morgan fingerprint density at radius 3 is 2.10 bits per heavy atom. The molecule has 21 heavy (non-hydrogen) atoms. The fraction of sp³-hybridized carbons (Fsp3) is 0.571. The Morgan fingerprint density at radius 1 is 1.10 bits per heavy atom. The number of methoxy groups -OCH3 is 3. The van der Waals surface area contributed by atoms with Crippen molar-refractivity contribution >= 4 is 10.1 Å². The molecular formula is C14H20O6S. The largest absolute Gasteiger partial charge is 0.493 e. The fourth-order valence-electron chi connectivity index (χ4n) is 2.37. The molecule has 2 atom stereocenters. The van der Waals surface area contributed by atoms with Gasteiger partial charge >= 0.3 is 0 Å². The predicted molar refractivity (Wildman–Crippen MR) is 77.7 cm³/mol. The van der Waals surface area contributed by atoms with Crippen molar-refractivity contribution in [2.45, 2.75) is 12.3 Å². The van der Waals surface area contributed by atoms with Crippen molar-refractivity contribution in [2.75, 3.05) is 34.2 Å². The van der Waals surface area contributed by atoms with Crippen LogP contribution < -0.4 is 14.2 Å². The second kappa shape index (κ2) is 6.11. The molecule has 1 saturated carbocycles. The Morgan fingerprint density at radius 2 is 1.67 bits per heavy atom. The van der Waals surface area contributed by atoms with E-state index in [1.807, 2.05) is 12.1 Å². The van der Waals surface area contributed by atoms with E-state index in [9.17, 15) is 8.42 Å². The first-order valence-corrected chi connectivity index (χ1v) is 8.35. The number of hydrogen-bond acceptors (Lipinski definition) is 6. The van der Waals surface area contributed by atoms with Crippen molar-refractivity contribution in [1.82, 2.24) is 0 Å². The van der Waals surface area contributed by atoms with Gasteiger partial charge in [0.2, 0.25) is 5.75 Å². The van der Waals surface area contributed by atoms with E-state index < -0.39 is 10.1 Å². The van der Waals surface area contributed by atoms with Crippen LogP contribution in [0.4, 0.5) is 0 Å². The molecule has 0 unspecified atom stereocenters. The average molecular weight is 316 g/mol. The maximum absolute atomic E-state index is 11.0. The standard InChI is InChI=1S/C14H20O6S/c1-17-12-6-9(7-13(18-2)14(12)19-3)11-5-10(11)8-20-21(4,15)16/h6-7,10-11H,5,8H2,1-4H3/t10-,11-/m0/s1. The summed E-state index contributed by atoms with van der Waals surface area (Å²) in [7, 11) is 1.30. The summed E-state index contributed by atoms with van der Waals surface area (Å²) in [5, 5.41) is 0. The molecule has 1 fully saturated rings. The van der Waals surface area contributed by atoms with Gasteiger partial charge in [0.15, 0.2) is 11.5 Å². The van der Waals surface area contributed by atoms with Gasteiger partial charge in [-0.15, -0.1) is 0 Å². The zero-order chi connectivity index (χ0) is 15.6. The Hall–Kier alpha value is -1.47. The van der Waals surface area contributed by atoms with Gasteiger partial charge in [0.1, 0.15) is 0 Å².